The summed E-state index contributed by atoms with van der Waals surface area (Å²) in [4.78, 5) is 15.0. The molecular weight excluding hydrogens is 566 g/mol. The monoisotopic (exact) mass is 600 g/mol. The summed E-state index contributed by atoms with van der Waals surface area (Å²) >= 11 is 1.27. The van der Waals surface area contributed by atoms with E-state index in [1.807, 2.05) is 49.5 Å². The molecule has 1 saturated heterocycles. The van der Waals surface area contributed by atoms with E-state index in [9.17, 15) is 20.1 Å². The standard InChI is InChI=1S/C34H33NO7S/c1-35(30(39)19-7-5-4-6-8-19)14-13-33-25-20-9-10-22(40-2)29(25)42-31(33)34(41-3)12-11-32(33,24(35)17-20)26-21(37)18-23(43-16-15-36)28(38)27(26)34/h4-12,18,24,31,36H,13-17H2,1-3H3,(H-,37,38)/p+1. The Labute approximate surface area is 254 Å². The molecule has 4 bridgehead atoms. The minimum Gasteiger partial charge on any atom is -0.508 e. The van der Waals surface area contributed by atoms with Crippen molar-refractivity contribution < 1.29 is 38.8 Å². The van der Waals surface area contributed by atoms with Crippen molar-refractivity contribution >= 4 is 17.7 Å². The molecule has 9 rings (SSSR count). The van der Waals surface area contributed by atoms with E-state index < -0.39 is 22.5 Å². The SMILES string of the molecule is COc1ccc2c3c1OC1C4(OC)C=CC5(c6c(O)cc(SCCO)c(O)c64)C(C2)[N+](C)(C(=O)c2ccccc2)CCC315. The molecule has 2 aliphatic heterocycles. The number of aliphatic hydroxyl groups excluding tert-OH is 1. The van der Waals surface area contributed by atoms with Crippen molar-refractivity contribution in [3.05, 3.63) is 88.5 Å². The van der Waals surface area contributed by atoms with Gasteiger partial charge in [0.25, 0.3) is 0 Å². The molecule has 222 valence electrons. The third kappa shape index (κ3) is 2.88. The maximum atomic E-state index is 14.6. The van der Waals surface area contributed by atoms with Crippen molar-refractivity contribution in [3.63, 3.8) is 0 Å². The predicted molar refractivity (Wildman–Crippen MR) is 160 cm³/mol. The van der Waals surface area contributed by atoms with Gasteiger partial charge in [0.15, 0.2) is 17.1 Å². The highest BCUT2D eigenvalue weighted by Crippen LogP contribution is 2.77. The molecule has 1 fully saturated rings. The average molecular weight is 601 g/mol. The minimum atomic E-state index is -1.22. The first kappa shape index (κ1) is 27.1. The van der Waals surface area contributed by atoms with Crippen LogP contribution in [0.25, 0.3) is 0 Å². The number of hydrogen-bond donors (Lipinski definition) is 3. The molecule has 3 aromatic carbocycles. The summed E-state index contributed by atoms with van der Waals surface area (Å²) in [5.41, 5.74) is 1.05. The third-order valence-corrected chi connectivity index (χ3v) is 12.1. The summed E-state index contributed by atoms with van der Waals surface area (Å²) in [7, 11) is 5.26. The normalized spacial score (nSPS) is 33.5. The fraction of sp³-hybridized carbons (Fsp3) is 0.382. The molecular formula is C34H34NO7S+. The van der Waals surface area contributed by atoms with Gasteiger partial charge in [0.2, 0.25) is 0 Å². The number of rotatable bonds is 6. The second kappa shape index (κ2) is 8.79. The van der Waals surface area contributed by atoms with E-state index in [0.29, 0.717) is 58.2 Å². The van der Waals surface area contributed by atoms with Crippen LogP contribution in [0, 0.1) is 0 Å². The summed E-state index contributed by atoms with van der Waals surface area (Å²) in [5, 5.41) is 33.5. The summed E-state index contributed by atoms with van der Waals surface area (Å²) in [5.74, 6) is 1.72. The Hall–Kier alpha value is -3.50. The predicted octanol–water partition coefficient (Wildman–Crippen LogP) is 4.17. The maximum absolute atomic E-state index is 14.6. The number of hydrogen-bond acceptors (Lipinski definition) is 8. The molecule has 8 nitrogen and oxygen atoms in total. The Balaban J connectivity index is 1.48. The van der Waals surface area contributed by atoms with Gasteiger partial charge in [-0.25, -0.2) is 4.79 Å². The van der Waals surface area contributed by atoms with Crippen molar-refractivity contribution in [1.82, 2.24) is 0 Å². The number of carbonyl (C=O) groups excluding carboxylic acids is 1. The second-order valence-corrected chi connectivity index (χ2v) is 13.6. The molecule has 43 heavy (non-hydrogen) atoms. The highest BCUT2D eigenvalue weighted by molar-refractivity contribution is 7.99. The third-order valence-electron chi connectivity index (χ3n) is 11.1. The number of quaternary nitrogens is 1. The largest absolute Gasteiger partial charge is 0.508 e. The number of thioether (sulfide) groups is 1. The lowest BCUT2D eigenvalue weighted by Gasteiger charge is -2.69. The van der Waals surface area contributed by atoms with E-state index in [-0.39, 0.29) is 34.5 Å². The summed E-state index contributed by atoms with van der Waals surface area (Å²) < 4.78 is 19.3. The van der Waals surface area contributed by atoms with Crippen molar-refractivity contribution in [2.75, 3.05) is 40.2 Å². The highest BCUT2D eigenvalue weighted by atomic mass is 32.2. The van der Waals surface area contributed by atoms with Gasteiger partial charge in [0, 0.05) is 42.4 Å². The number of phenols is 2. The van der Waals surface area contributed by atoms with Gasteiger partial charge in [-0.3, -0.25) is 4.48 Å². The lowest BCUT2D eigenvalue weighted by Crippen LogP contribution is -2.82. The van der Waals surface area contributed by atoms with Crippen LogP contribution >= 0.6 is 11.8 Å². The molecule has 1 amide bonds. The highest BCUT2D eigenvalue weighted by Gasteiger charge is 2.83. The molecule has 6 atom stereocenters. The van der Waals surface area contributed by atoms with Crippen molar-refractivity contribution in [1.29, 1.82) is 0 Å². The van der Waals surface area contributed by atoms with Crippen LogP contribution in [-0.4, -0.2) is 78.0 Å². The van der Waals surface area contributed by atoms with Gasteiger partial charge in [-0.2, -0.15) is 0 Å². The van der Waals surface area contributed by atoms with Gasteiger partial charge in [-0.1, -0.05) is 30.3 Å². The summed E-state index contributed by atoms with van der Waals surface area (Å²) in [6.45, 7) is 0.490. The van der Waals surface area contributed by atoms with E-state index in [2.05, 4.69) is 12.1 Å². The van der Waals surface area contributed by atoms with Crippen molar-refractivity contribution in [2.24, 2.45) is 0 Å². The van der Waals surface area contributed by atoms with Gasteiger partial charge >= 0.3 is 5.91 Å². The topological polar surface area (TPSA) is 105 Å². The number of likely N-dealkylation sites (tertiary alicyclic amines) is 1. The van der Waals surface area contributed by atoms with Crippen LogP contribution < -0.4 is 9.47 Å². The van der Waals surface area contributed by atoms with E-state index in [1.54, 1.807) is 20.3 Å². The first-order valence-electron chi connectivity index (χ1n) is 14.7. The molecule has 4 aliphatic carbocycles. The Morgan fingerprint density at radius 1 is 1.09 bits per heavy atom. The Morgan fingerprint density at radius 3 is 2.60 bits per heavy atom. The number of nitrogens with zero attached hydrogens (tertiary/aromatic N) is 1. The number of phenolic OH excluding ortho intramolecular Hbond substituents is 2. The van der Waals surface area contributed by atoms with Crippen LogP contribution in [0.1, 0.15) is 39.0 Å². The number of likely N-dealkylation sites (N-methyl/N-ethyl adjacent to an activating group) is 1. The van der Waals surface area contributed by atoms with Gasteiger partial charge in [-0.05, 0) is 35.9 Å². The Kier molecular flexibility index (Phi) is 5.53. The van der Waals surface area contributed by atoms with Gasteiger partial charge < -0.3 is 29.5 Å². The zero-order valence-electron chi connectivity index (χ0n) is 24.3. The lowest BCUT2D eigenvalue weighted by molar-refractivity contribution is -0.869. The van der Waals surface area contributed by atoms with Crippen molar-refractivity contribution in [2.45, 2.75) is 46.3 Å². The quantitative estimate of drug-likeness (QED) is 0.168. The van der Waals surface area contributed by atoms with Crippen LogP contribution in [0.15, 0.2) is 65.6 Å². The van der Waals surface area contributed by atoms with Gasteiger partial charge in [0.05, 0.1) is 48.6 Å². The number of piperidine rings is 1. The Bertz CT molecular complexity index is 1740. The number of ether oxygens (including phenoxy) is 3. The smallest absolute Gasteiger partial charge is 0.345 e. The van der Waals surface area contributed by atoms with Crippen LogP contribution in [0.2, 0.25) is 0 Å². The molecule has 0 radical (unpaired) electrons. The number of aliphatic hydroxyl groups is 1. The molecule has 6 aliphatic rings. The zero-order valence-corrected chi connectivity index (χ0v) is 25.1. The second-order valence-electron chi connectivity index (χ2n) is 12.5. The van der Waals surface area contributed by atoms with Crippen LogP contribution in [0.3, 0.4) is 0 Å². The molecule has 0 saturated carbocycles. The van der Waals surface area contributed by atoms with E-state index in [0.717, 1.165) is 11.1 Å². The van der Waals surface area contributed by atoms with Gasteiger partial charge in [0.1, 0.15) is 23.6 Å². The van der Waals surface area contributed by atoms with Crippen LogP contribution in [-0.2, 0) is 27.6 Å². The fourth-order valence-electron chi connectivity index (χ4n) is 9.50. The number of amides is 1. The van der Waals surface area contributed by atoms with Crippen LogP contribution in [0.5, 0.6) is 23.0 Å². The minimum absolute atomic E-state index is 0.00524. The van der Waals surface area contributed by atoms with Gasteiger partial charge in [-0.15, -0.1) is 11.8 Å². The van der Waals surface area contributed by atoms with Crippen molar-refractivity contribution in [3.8, 4) is 23.0 Å². The lowest BCUT2D eigenvalue weighted by atomic mass is 9.37. The number of benzene rings is 3. The number of carbonyl (C=O) groups is 1. The summed E-state index contributed by atoms with van der Waals surface area (Å²) in [6.07, 6.45) is 4.70. The number of aromatic hydroxyl groups is 2. The average Bonchev–Trinajstić information content (AvgIpc) is 3.40. The molecule has 2 spiro atoms. The first-order chi connectivity index (χ1) is 20.7. The van der Waals surface area contributed by atoms with Crippen LogP contribution in [0.4, 0.5) is 0 Å². The van der Waals surface area contributed by atoms with E-state index in [1.165, 1.54) is 11.8 Å². The van der Waals surface area contributed by atoms with E-state index >= 15 is 0 Å². The maximum Gasteiger partial charge on any atom is 0.345 e. The molecule has 0 aromatic heterocycles. The fourth-order valence-corrected chi connectivity index (χ4v) is 10.2. The number of methoxy groups -OCH3 is 2. The zero-order chi connectivity index (χ0) is 29.9. The molecule has 3 N–H and O–H groups in total. The summed E-state index contributed by atoms with van der Waals surface area (Å²) in [6, 6.07) is 14.7. The first-order valence-corrected chi connectivity index (χ1v) is 15.6. The Morgan fingerprint density at radius 2 is 1.88 bits per heavy atom. The van der Waals surface area contributed by atoms with E-state index in [4.69, 9.17) is 14.2 Å². The molecule has 3 aromatic rings. The molecule has 9 heteroatoms. The molecule has 6 unspecified atom stereocenters. The molecule has 2 heterocycles.